The summed E-state index contributed by atoms with van der Waals surface area (Å²) in [5.41, 5.74) is 4.09. The number of hydrogen-bond donors (Lipinski definition) is 0. The second-order valence-corrected chi connectivity index (χ2v) is 5.09. The summed E-state index contributed by atoms with van der Waals surface area (Å²) in [5.74, 6) is 0. The Balaban J connectivity index is 2.35. The van der Waals surface area contributed by atoms with Gasteiger partial charge in [0.05, 0.1) is 16.2 Å². The van der Waals surface area contributed by atoms with Crippen LogP contribution < -0.4 is 0 Å². The van der Waals surface area contributed by atoms with Gasteiger partial charge in [-0.05, 0) is 12.1 Å². The average molecular weight is 267 g/mol. The van der Waals surface area contributed by atoms with Gasteiger partial charge < -0.3 is 4.57 Å². The van der Waals surface area contributed by atoms with Crippen molar-refractivity contribution in [2.45, 2.75) is 0 Å². The summed E-state index contributed by atoms with van der Waals surface area (Å²) in [7, 11) is 2.06. The van der Waals surface area contributed by atoms with Gasteiger partial charge >= 0.3 is 0 Å². The predicted octanol–water partition coefficient (Wildman–Crippen LogP) is 4.48. The van der Waals surface area contributed by atoms with Gasteiger partial charge in [0.25, 0.3) is 0 Å². The Morgan fingerprint density at radius 2 is 1.63 bits per heavy atom. The molecule has 0 bridgehead atoms. The maximum absolute atomic E-state index is 6.54. The molecule has 0 amide bonds. The standard InChI is InChI=1S/C16H11ClN2/c1-19-13-9-5-3-7-11(13)14(17)15-16(19)10-6-2-4-8-12(10)18-15/h2-9H,1H3. The number of para-hydroxylation sites is 2. The van der Waals surface area contributed by atoms with Crippen molar-refractivity contribution in [3.63, 3.8) is 0 Å². The van der Waals surface area contributed by atoms with Crippen LogP contribution in [0.5, 0.6) is 0 Å². The van der Waals surface area contributed by atoms with E-state index >= 15 is 0 Å². The fourth-order valence-electron chi connectivity index (χ4n) is 2.76. The van der Waals surface area contributed by atoms with Gasteiger partial charge in [-0.1, -0.05) is 48.0 Å². The Labute approximate surface area is 115 Å². The van der Waals surface area contributed by atoms with Gasteiger partial charge in [0.1, 0.15) is 5.69 Å². The quantitative estimate of drug-likeness (QED) is 0.459. The van der Waals surface area contributed by atoms with Crippen LogP contribution in [-0.4, -0.2) is 9.55 Å². The van der Waals surface area contributed by atoms with Crippen molar-refractivity contribution in [2.24, 2.45) is 7.05 Å². The molecule has 0 radical (unpaired) electrons. The fourth-order valence-corrected chi connectivity index (χ4v) is 3.06. The second-order valence-electron chi connectivity index (χ2n) is 4.72. The number of aromatic nitrogens is 2. The van der Waals surface area contributed by atoms with Crippen LogP contribution >= 0.6 is 11.6 Å². The number of pyridine rings is 1. The van der Waals surface area contributed by atoms with Crippen LogP contribution in [0.4, 0.5) is 0 Å². The topological polar surface area (TPSA) is 17.8 Å². The van der Waals surface area contributed by atoms with Gasteiger partial charge in [0.15, 0.2) is 0 Å². The first-order valence-corrected chi connectivity index (χ1v) is 6.56. The lowest BCUT2D eigenvalue weighted by atomic mass is 10.1. The second kappa shape index (κ2) is 3.72. The highest BCUT2D eigenvalue weighted by Gasteiger charge is 2.20. The van der Waals surface area contributed by atoms with Crippen molar-refractivity contribution in [3.05, 3.63) is 53.6 Å². The maximum atomic E-state index is 6.54. The van der Waals surface area contributed by atoms with Crippen molar-refractivity contribution in [2.75, 3.05) is 0 Å². The van der Waals surface area contributed by atoms with Gasteiger partial charge in [0, 0.05) is 23.3 Å². The number of aryl methyl sites for hydroxylation is 1. The average Bonchev–Trinajstić information content (AvgIpc) is 2.84. The molecule has 2 aromatic carbocycles. The van der Waals surface area contributed by atoms with Gasteiger partial charge in [-0.2, -0.15) is 0 Å². The molecule has 0 fully saturated rings. The lowest BCUT2D eigenvalue weighted by molar-refractivity contribution is 0.967. The highest BCUT2D eigenvalue weighted by atomic mass is 35.5. The zero-order valence-electron chi connectivity index (χ0n) is 10.4. The summed E-state index contributed by atoms with van der Waals surface area (Å²) in [6.45, 7) is 0. The summed E-state index contributed by atoms with van der Waals surface area (Å²) in [6, 6.07) is 16.3. The summed E-state index contributed by atoms with van der Waals surface area (Å²) >= 11 is 6.54. The van der Waals surface area contributed by atoms with E-state index in [1.807, 2.05) is 36.4 Å². The van der Waals surface area contributed by atoms with E-state index in [-0.39, 0.29) is 0 Å². The molecule has 0 atom stereocenters. The van der Waals surface area contributed by atoms with E-state index in [2.05, 4.69) is 28.7 Å². The Morgan fingerprint density at radius 1 is 0.947 bits per heavy atom. The van der Waals surface area contributed by atoms with Gasteiger partial charge in [0.2, 0.25) is 0 Å². The third kappa shape index (κ3) is 1.35. The third-order valence-electron chi connectivity index (χ3n) is 3.66. The monoisotopic (exact) mass is 266 g/mol. The first-order chi connectivity index (χ1) is 9.27. The molecule has 2 heterocycles. The maximum Gasteiger partial charge on any atom is 0.107 e. The van der Waals surface area contributed by atoms with Crippen LogP contribution in [0.3, 0.4) is 0 Å². The molecule has 0 saturated carbocycles. The molecule has 19 heavy (non-hydrogen) atoms. The van der Waals surface area contributed by atoms with Crippen molar-refractivity contribution >= 4 is 33.4 Å². The molecule has 3 heteroatoms. The molecule has 4 rings (SSSR count). The summed E-state index contributed by atoms with van der Waals surface area (Å²) in [4.78, 5) is 4.67. The van der Waals surface area contributed by atoms with E-state index in [0.29, 0.717) is 0 Å². The Kier molecular flexibility index (Phi) is 2.12. The van der Waals surface area contributed by atoms with Crippen LogP contribution in [0.2, 0.25) is 5.02 Å². The summed E-state index contributed by atoms with van der Waals surface area (Å²) in [6.07, 6.45) is 0. The zero-order chi connectivity index (χ0) is 13.0. The highest BCUT2D eigenvalue weighted by molar-refractivity contribution is 6.38. The van der Waals surface area contributed by atoms with Gasteiger partial charge in [-0.25, -0.2) is 4.98 Å². The summed E-state index contributed by atoms with van der Waals surface area (Å²) < 4.78 is 2.17. The number of halogens is 1. The van der Waals surface area contributed by atoms with Crippen LogP contribution in [0.15, 0.2) is 48.5 Å². The fraction of sp³-hybridized carbons (Fsp3) is 0.0625. The minimum absolute atomic E-state index is 0.736. The van der Waals surface area contributed by atoms with E-state index in [9.17, 15) is 0 Å². The molecule has 2 nitrogen and oxygen atoms in total. The molecule has 0 aliphatic carbocycles. The van der Waals surface area contributed by atoms with E-state index in [1.54, 1.807) is 0 Å². The molecule has 2 aliphatic rings. The van der Waals surface area contributed by atoms with Crippen LogP contribution in [-0.2, 0) is 7.05 Å². The number of rotatable bonds is 0. The number of fused-ring (bicyclic) bond motifs is 4. The smallest absolute Gasteiger partial charge is 0.107 e. The minimum Gasteiger partial charge on any atom is -0.342 e. The Hall–Kier alpha value is -2.06. The summed E-state index contributed by atoms with van der Waals surface area (Å²) in [5, 5.41) is 2.93. The van der Waals surface area contributed by atoms with Gasteiger partial charge in [-0.3, -0.25) is 0 Å². The molecule has 0 unspecified atom stereocenters. The molecular weight excluding hydrogens is 256 g/mol. The molecule has 2 aliphatic heterocycles. The number of benzene rings is 2. The number of nitrogens with zero attached hydrogens (tertiary/aromatic N) is 2. The molecule has 92 valence electrons. The van der Waals surface area contributed by atoms with Crippen molar-refractivity contribution in [3.8, 4) is 11.4 Å². The predicted molar refractivity (Wildman–Crippen MR) is 79.9 cm³/mol. The van der Waals surface area contributed by atoms with Crippen molar-refractivity contribution < 1.29 is 0 Å². The molecular formula is C16H11ClN2. The van der Waals surface area contributed by atoms with E-state index in [1.165, 1.54) is 0 Å². The van der Waals surface area contributed by atoms with Crippen molar-refractivity contribution in [1.82, 2.24) is 9.55 Å². The lowest BCUT2D eigenvalue weighted by Crippen LogP contribution is -1.99. The SMILES string of the molecule is Cn1c2c3ccccc3nc-2c(Cl)c2ccccc21. The normalized spacial score (nSPS) is 11.7. The Bertz CT molecular complexity index is 892. The van der Waals surface area contributed by atoms with E-state index < -0.39 is 0 Å². The first-order valence-electron chi connectivity index (χ1n) is 6.19. The Morgan fingerprint density at radius 3 is 2.47 bits per heavy atom. The number of hydrogen-bond acceptors (Lipinski definition) is 1. The molecule has 0 N–H and O–H groups in total. The zero-order valence-corrected chi connectivity index (χ0v) is 11.1. The molecule has 0 aromatic heterocycles. The highest BCUT2D eigenvalue weighted by Crippen LogP contribution is 2.40. The van der Waals surface area contributed by atoms with Crippen molar-refractivity contribution in [1.29, 1.82) is 0 Å². The van der Waals surface area contributed by atoms with Crippen LogP contribution in [0, 0.1) is 0 Å². The largest absolute Gasteiger partial charge is 0.342 e. The van der Waals surface area contributed by atoms with E-state index in [0.717, 1.165) is 38.2 Å². The van der Waals surface area contributed by atoms with Gasteiger partial charge in [-0.15, -0.1) is 0 Å². The lowest BCUT2D eigenvalue weighted by Gasteiger charge is -2.14. The van der Waals surface area contributed by atoms with E-state index in [4.69, 9.17) is 11.6 Å². The minimum atomic E-state index is 0.736. The first kappa shape index (κ1) is 10.8. The molecule has 0 spiro atoms. The van der Waals surface area contributed by atoms with Crippen LogP contribution in [0.25, 0.3) is 33.2 Å². The van der Waals surface area contributed by atoms with Crippen LogP contribution in [0.1, 0.15) is 0 Å². The molecule has 2 aromatic rings. The molecule has 0 saturated heterocycles. The third-order valence-corrected chi connectivity index (χ3v) is 4.04.